The average molecular weight is 400 g/mol. The van der Waals surface area contributed by atoms with E-state index in [1.165, 1.54) is 23.3 Å². The van der Waals surface area contributed by atoms with Gasteiger partial charge in [0.05, 0.1) is 6.61 Å². The van der Waals surface area contributed by atoms with Gasteiger partial charge in [0.1, 0.15) is 11.4 Å². The van der Waals surface area contributed by atoms with Crippen LogP contribution in [-0.2, 0) is 20.0 Å². The molecule has 1 aromatic carbocycles. The van der Waals surface area contributed by atoms with Gasteiger partial charge in [-0.1, -0.05) is 19.1 Å². The van der Waals surface area contributed by atoms with Crippen LogP contribution in [0.3, 0.4) is 0 Å². The lowest BCUT2D eigenvalue weighted by Gasteiger charge is -2.28. The molecule has 0 radical (unpaired) electrons. The lowest BCUT2D eigenvalue weighted by atomic mass is 10.0. The molecular weight excluding hydrogens is 370 g/mol. The SMILES string of the molecule is Cc1c(SN2CCC(C)CC2)cc(C(=O)NCc2cccc3c2CCO3)n1C. The first-order valence-electron chi connectivity index (χ1n) is 10.1. The summed E-state index contributed by atoms with van der Waals surface area (Å²) in [5.41, 5.74) is 4.23. The molecule has 5 nitrogen and oxygen atoms in total. The molecule has 1 fully saturated rings. The Kier molecular flexibility index (Phi) is 5.69. The van der Waals surface area contributed by atoms with Crippen LogP contribution >= 0.6 is 11.9 Å². The molecule has 6 heteroatoms. The largest absolute Gasteiger partial charge is 0.493 e. The van der Waals surface area contributed by atoms with Gasteiger partial charge in [-0.15, -0.1) is 0 Å². The van der Waals surface area contributed by atoms with Crippen molar-refractivity contribution in [3.8, 4) is 5.75 Å². The fourth-order valence-electron chi connectivity index (χ4n) is 3.92. The van der Waals surface area contributed by atoms with E-state index in [9.17, 15) is 4.79 Å². The van der Waals surface area contributed by atoms with E-state index in [1.807, 2.05) is 29.8 Å². The molecule has 1 amide bonds. The summed E-state index contributed by atoms with van der Waals surface area (Å²) in [6, 6.07) is 8.10. The number of hydrogen-bond donors (Lipinski definition) is 1. The molecule has 0 aliphatic carbocycles. The molecule has 1 saturated heterocycles. The Morgan fingerprint density at radius 1 is 1.32 bits per heavy atom. The van der Waals surface area contributed by atoms with Gasteiger partial charge in [0.15, 0.2) is 0 Å². The van der Waals surface area contributed by atoms with Crippen molar-refractivity contribution in [1.29, 1.82) is 0 Å². The molecule has 0 bridgehead atoms. The molecule has 0 saturated carbocycles. The van der Waals surface area contributed by atoms with Crippen LogP contribution in [0.1, 0.15) is 47.1 Å². The molecule has 2 aromatic rings. The highest BCUT2D eigenvalue weighted by Gasteiger charge is 2.22. The second-order valence-corrected chi connectivity index (χ2v) is 9.05. The first-order chi connectivity index (χ1) is 13.5. The highest BCUT2D eigenvalue weighted by atomic mass is 32.2. The first kappa shape index (κ1) is 19.4. The van der Waals surface area contributed by atoms with Crippen molar-refractivity contribution in [3.05, 3.63) is 46.8 Å². The smallest absolute Gasteiger partial charge is 0.268 e. The summed E-state index contributed by atoms with van der Waals surface area (Å²) in [4.78, 5) is 14.0. The lowest BCUT2D eigenvalue weighted by molar-refractivity contribution is 0.0942. The summed E-state index contributed by atoms with van der Waals surface area (Å²) in [5.74, 6) is 1.75. The fourth-order valence-corrected chi connectivity index (χ4v) is 5.03. The number of carbonyl (C=O) groups is 1. The van der Waals surface area contributed by atoms with Crippen LogP contribution in [0.25, 0.3) is 0 Å². The second-order valence-electron chi connectivity index (χ2n) is 7.92. The summed E-state index contributed by atoms with van der Waals surface area (Å²) in [7, 11) is 1.97. The van der Waals surface area contributed by atoms with Crippen molar-refractivity contribution in [3.63, 3.8) is 0 Å². The molecular formula is C22H29N3O2S. The molecule has 0 atom stereocenters. The maximum Gasteiger partial charge on any atom is 0.268 e. The number of nitrogens with one attached hydrogen (secondary N) is 1. The van der Waals surface area contributed by atoms with E-state index in [1.54, 1.807) is 11.9 Å². The standard InChI is InChI=1S/C22H29N3O2S/c1-15-7-10-25(11-8-15)28-21-13-19(24(3)16(21)2)22(26)23-14-17-5-4-6-20-18(17)9-12-27-20/h4-6,13,15H,7-12,14H2,1-3H3,(H,23,26). The van der Waals surface area contributed by atoms with Crippen LogP contribution in [0, 0.1) is 12.8 Å². The van der Waals surface area contributed by atoms with Gasteiger partial charge in [-0.25, -0.2) is 4.31 Å². The van der Waals surface area contributed by atoms with Crippen LogP contribution in [0.4, 0.5) is 0 Å². The first-order valence-corrected chi connectivity index (χ1v) is 10.9. The number of aromatic nitrogens is 1. The van der Waals surface area contributed by atoms with Crippen LogP contribution in [0.15, 0.2) is 29.2 Å². The maximum atomic E-state index is 12.9. The second kappa shape index (κ2) is 8.21. The molecule has 0 spiro atoms. The van der Waals surface area contributed by atoms with Gasteiger partial charge in [0, 0.05) is 49.3 Å². The minimum Gasteiger partial charge on any atom is -0.493 e. The number of rotatable bonds is 5. The zero-order chi connectivity index (χ0) is 19.7. The predicted molar refractivity (Wildman–Crippen MR) is 113 cm³/mol. The van der Waals surface area contributed by atoms with Crippen LogP contribution in [0.5, 0.6) is 5.75 Å². The monoisotopic (exact) mass is 399 g/mol. The van der Waals surface area contributed by atoms with E-state index < -0.39 is 0 Å². The number of hydrogen-bond acceptors (Lipinski definition) is 4. The molecule has 3 heterocycles. The maximum absolute atomic E-state index is 12.9. The summed E-state index contributed by atoms with van der Waals surface area (Å²) in [6.07, 6.45) is 3.41. The molecule has 150 valence electrons. The summed E-state index contributed by atoms with van der Waals surface area (Å²) in [5, 5.41) is 3.10. The third-order valence-corrected chi connectivity index (χ3v) is 7.20. The minimum atomic E-state index is -0.0266. The van der Waals surface area contributed by atoms with Crippen molar-refractivity contribution >= 4 is 17.9 Å². The van der Waals surface area contributed by atoms with E-state index in [0.29, 0.717) is 12.2 Å². The van der Waals surface area contributed by atoms with Gasteiger partial charge in [0.2, 0.25) is 0 Å². The van der Waals surface area contributed by atoms with E-state index in [0.717, 1.165) is 49.0 Å². The van der Waals surface area contributed by atoms with E-state index in [-0.39, 0.29) is 5.91 Å². The summed E-state index contributed by atoms with van der Waals surface area (Å²) < 4.78 is 10.1. The zero-order valence-corrected chi connectivity index (χ0v) is 17.8. The summed E-state index contributed by atoms with van der Waals surface area (Å²) >= 11 is 1.79. The van der Waals surface area contributed by atoms with Gasteiger partial charge in [0.25, 0.3) is 5.91 Å². The van der Waals surface area contributed by atoms with Gasteiger partial charge < -0.3 is 14.6 Å². The molecule has 1 N–H and O–H groups in total. The van der Waals surface area contributed by atoms with Crippen LogP contribution in [-0.4, -0.2) is 34.5 Å². The van der Waals surface area contributed by atoms with Crippen molar-refractivity contribution < 1.29 is 9.53 Å². The van der Waals surface area contributed by atoms with Gasteiger partial charge >= 0.3 is 0 Å². The third-order valence-electron chi connectivity index (χ3n) is 5.97. The quantitative estimate of drug-likeness (QED) is 0.774. The van der Waals surface area contributed by atoms with Gasteiger partial charge in [-0.2, -0.15) is 0 Å². The van der Waals surface area contributed by atoms with Crippen molar-refractivity contribution in [2.75, 3.05) is 19.7 Å². The number of piperidine rings is 1. The zero-order valence-electron chi connectivity index (χ0n) is 17.0. The number of fused-ring (bicyclic) bond motifs is 1. The fraction of sp³-hybridized carbons (Fsp3) is 0.500. The highest BCUT2D eigenvalue weighted by Crippen LogP contribution is 2.32. The van der Waals surface area contributed by atoms with Crippen molar-refractivity contribution in [2.45, 2.75) is 44.6 Å². The Labute approximate surface area is 171 Å². The van der Waals surface area contributed by atoms with Crippen LogP contribution < -0.4 is 10.1 Å². The average Bonchev–Trinajstić information content (AvgIpc) is 3.28. The Balaban J connectivity index is 1.42. The number of amides is 1. The van der Waals surface area contributed by atoms with Crippen LogP contribution in [0.2, 0.25) is 0 Å². The minimum absolute atomic E-state index is 0.0266. The number of nitrogens with zero attached hydrogens (tertiary/aromatic N) is 2. The molecule has 4 rings (SSSR count). The van der Waals surface area contributed by atoms with Crippen molar-refractivity contribution in [1.82, 2.24) is 14.2 Å². The lowest BCUT2D eigenvalue weighted by Crippen LogP contribution is -2.27. The molecule has 0 unspecified atom stereocenters. The van der Waals surface area contributed by atoms with Crippen molar-refractivity contribution in [2.24, 2.45) is 13.0 Å². The Bertz CT molecular complexity index is 869. The van der Waals surface area contributed by atoms with E-state index in [4.69, 9.17) is 4.74 Å². The highest BCUT2D eigenvalue weighted by molar-refractivity contribution is 7.97. The van der Waals surface area contributed by atoms with Gasteiger partial charge in [-0.3, -0.25) is 4.79 Å². The van der Waals surface area contributed by atoms with E-state index in [2.05, 4.69) is 29.5 Å². The summed E-state index contributed by atoms with van der Waals surface area (Å²) in [6.45, 7) is 7.90. The molecule has 2 aliphatic rings. The topological polar surface area (TPSA) is 46.5 Å². The molecule has 1 aromatic heterocycles. The number of carbonyl (C=O) groups excluding carboxylic acids is 1. The normalized spacial score (nSPS) is 17.4. The third kappa shape index (κ3) is 3.94. The number of ether oxygens (including phenoxy) is 1. The Hall–Kier alpha value is -1.92. The number of benzene rings is 1. The molecule has 28 heavy (non-hydrogen) atoms. The van der Waals surface area contributed by atoms with Gasteiger partial charge in [-0.05, 0) is 55.3 Å². The molecule has 2 aliphatic heterocycles. The Morgan fingerprint density at radius 3 is 2.89 bits per heavy atom. The Morgan fingerprint density at radius 2 is 2.11 bits per heavy atom. The predicted octanol–water partition coefficient (Wildman–Crippen LogP) is 3.94. The van der Waals surface area contributed by atoms with E-state index >= 15 is 0 Å².